The van der Waals surface area contributed by atoms with Gasteiger partial charge in [-0.1, -0.05) is 0 Å². The standard InChI is InChI=1S/C6H15NOS/c1-8-4-2-3-6(7)5-9/h6,9H,2-5,7H2,1H3. The fourth-order valence-electron chi connectivity index (χ4n) is 0.581. The lowest BCUT2D eigenvalue weighted by molar-refractivity contribution is 0.191. The van der Waals surface area contributed by atoms with Crippen molar-refractivity contribution in [3.05, 3.63) is 0 Å². The summed E-state index contributed by atoms with van der Waals surface area (Å²) in [5.41, 5.74) is 5.58. The van der Waals surface area contributed by atoms with E-state index in [-0.39, 0.29) is 6.04 Å². The van der Waals surface area contributed by atoms with Gasteiger partial charge in [-0.25, -0.2) is 0 Å². The Kier molecular flexibility index (Phi) is 6.58. The minimum atomic E-state index is 0.239. The first-order valence-corrected chi connectivity index (χ1v) is 3.80. The lowest BCUT2D eigenvalue weighted by Gasteiger charge is -2.05. The van der Waals surface area contributed by atoms with Gasteiger partial charge in [-0.3, -0.25) is 0 Å². The number of thiol groups is 1. The largest absolute Gasteiger partial charge is 0.385 e. The van der Waals surface area contributed by atoms with Gasteiger partial charge < -0.3 is 10.5 Å². The summed E-state index contributed by atoms with van der Waals surface area (Å²) < 4.78 is 4.86. The summed E-state index contributed by atoms with van der Waals surface area (Å²) in [6.45, 7) is 0.807. The van der Waals surface area contributed by atoms with E-state index in [0.717, 1.165) is 25.2 Å². The second-order valence-corrected chi connectivity index (χ2v) is 2.44. The first-order valence-electron chi connectivity index (χ1n) is 3.16. The Balaban J connectivity index is 2.88. The van der Waals surface area contributed by atoms with Crippen LogP contribution in [0.1, 0.15) is 12.8 Å². The van der Waals surface area contributed by atoms with Gasteiger partial charge in [-0.05, 0) is 12.8 Å². The minimum absolute atomic E-state index is 0.239. The Morgan fingerprint density at radius 3 is 2.78 bits per heavy atom. The van der Waals surface area contributed by atoms with Gasteiger partial charge in [0.05, 0.1) is 0 Å². The number of methoxy groups -OCH3 is 1. The van der Waals surface area contributed by atoms with Crippen molar-refractivity contribution < 1.29 is 4.74 Å². The molecule has 0 aliphatic rings. The van der Waals surface area contributed by atoms with Crippen molar-refractivity contribution in [1.29, 1.82) is 0 Å². The topological polar surface area (TPSA) is 35.2 Å². The van der Waals surface area contributed by atoms with Crippen molar-refractivity contribution in [2.45, 2.75) is 18.9 Å². The van der Waals surface area contributed by atoms with Crippen molar-refractivity contribution in [2.24, 2.45) is 5.73 Å². The van der Waals surface area contributed by atoms with Crippen LogP contribution in [0, 0.1) is 0 Å². The van der Waals surface area contributed by atoms with Crippen LogP contribution in [0.5, 0.6) is 0 Å². The first-order chi connectivity index (χ1) is 4.31. The third-order valence-corrected chi connectivity index (χ3v) is 1.63. The summed E-state index contributed by atoms with van der Waals surface area (Å²) >= 11 is 4.05. The van der Waals surface area contributed by atoms with Crippen LogP contribution in [0.3, 0.4) is 0 Å². The van der Waals surface area contributed by atoms with Gasteiger partial charge in [-0.2, -0.15) is 12.6 Å². The molecule has 0 bridgehead atoms. The second kappa shape index (κ2) is 6.39. The molecule has 0 saturated heterocycles. The predicted molar refractivity (Wildman–Crippen MR) is 42.9 cm³/mol. The van der Waals surface area contributed by atoms with Crippen LogP contribution in [0.15, 0.2) is 0 Å². The van der Waals surface area contributed by atoms with E-state index in [1.165, 1.54) is 0 Å². The van der Waals surface area contributed by atoms with Crippen LogP contribution in [0.2, 0.25) is 0 Å². The highest BCUT2D eigenvalue weighted by Gasteiger charge is 1.96. The molecule has 0 rings (SSSR count). The molecule has 0 radical (unpaired) electrons. The predicted octanol–water partition coefficient (Wildman–Crippen LogP) is 0.670. The van der Waals surface area contributed by atoms with E-state index in [9.17, 15) is 0 Å². The molecule has 0 heterocycles. The zero-order valence-electron chi connectivity index (χ0n) is 5.84. The van der Waals surface area contributed by atoms with Crippen molar-refractivity contribution in [3.8, 4) is 0 Å². The van der Waals surface area contributed by atoms with Crippen LogP contribution >= 0.6 is 12.6 Å². The normalized spacial score (nSPS) is 13.7. The van der Waals surface area contributed by atoms with Crippen LogP contribution in [0.4, 0.5) is 0 Å². The van der Waals surface area contributed by atoms with Crippen LogP contribution in [-0.2, 0) is 4.74 Å². The van der Waals surface area contributed by atoms with Gasteiger partial charge in [0.2, 0.25) is 0 Å². The third-order valence-electron chi connectivity index (χ3n) is 1.16. The molecule has 0 amide bonds. The molecule has 56 valence electrons. The lowest BCUT2D eigenvalue weighted by atomic mass is 10.2. The molecule has 0 aliphatic heterocycles. The number of nitrogens with two attached hydrogens (primary N) is 1. The van der Waals surface area contributed by atoms with E-state index in [2.05, 4.69) is 12.6 Å². The van der Waals surface area contributed by atoms with E-state index < -0.39 is 0 Å². The Labute approximate surface area is 62.2 Å². The minimum Gasteiger partial charge on any atom is -0.385 e. The summed E-state index contributed by atoms with van der Waals surface area (Å²) in [4.78, 5) is 0. The Morgan fingerprint density at radius 1 is 1.67 bits per heavy atom. The SMILES string of the molecule is COCCCC(N)CS. The summed E-state index contributed by atoms with van der Waals surface area (Å²) in [7, 11) is 1.70. The van der Waals surface area contributed by atoms with E-state index >= 15 is 0 Å². The molecule has 0 saturated carbocycles. The lowest BCUT2D eigenvalue weighted by Crippen LogP contribution is -2.21. The Hall–Kier alpha value is 0.270. The highest BCUT2D eigenvalue weighted by atomic mass is 32.1. The van der Waals surface area contributed by atoms with E-state index in [4.69, 9.17) is 10.5 Å². The molecule has 2 N–H and O–H groups in total. The van der Waals surface area contributed by atoms with Crippen molar-refractivity contribution in [1.82, 2.24) is 0 Å². The van der Waals surface area contributed by atoms with Gasteiger partial charge >= 0.3 is 0 Å². The third kappa shape index (κ3) is 6.15. The van der Waals surface area contributed by atoms with Crippen molar-refractivity contribution in [3.63, 3.8) is 0 Å². The zero-order chi connectivity index (χ0) is 7.11. The average molecular weight is 149 g/mol. The van der Waals surface area contributed by atoms with Gasteiger partial charge in [0.15, 0.2) is 0 Å². The molecule has 9 heavy (non-hydrogen) atoms. The Bertz CT molecular complexity index is 61.0. The molecular weight excluding hydrogens is 134 g/mol. The number of hydrogen-bond acceptors (Lipinski definition) is 3. The van der Waals surface area contributed by atoms with Crippen molar-refractivity contribution in [2.75, 3.05) is 19.5 Å². The maximum atomic E-state index is 5.58. The monoisotopic (exact) mass is 149 g/mol. The molecule has 0 aromatic rings. The molecular formula is C6H15NOS. The molecule has 2 nitrogen and oxygen atoms in total. The molecule has 1 atom stereocenters. The molecule has 0 spiro atoms. The van der Waals surface area contributed by atoms with Gasteiger partial charge in [-0.15, -0.1) is 0 Å². The van der Waals surface area contributed by atoms with Crippen LogP contribution < -0.4 is 5.73 Å². The van der Waals surface area contributed by atoms with Crippen molar-refractivity contribution >= 4 is 12.6 Å². The fourth-order valence-corrected chi connectivity index (χ4v) is 0.764. The van der Waals surface area contributed by atoms with E-state index in [0.29, 0.717) is 0 Å². The molecule has 0 aromatic heterocycles. The summed E-state index contributed by atoms with van der Waals surface area (Å²) in [5, 5.41) is 0. The van der Waals surface area contributed by atoms with E-state index in [1.54, 1.807) is 7.11 Å². The van der Waals surface area contributed by atoms with Crippen LogP contribution in [0.25, 0.3) is 0 Å². The van der Waals surface area contributed by atoms with Gasteiger partial charge in [0.1, 0.15) is 0 Å². The number of rotatable bonds is 5. The molecule has 3 heteroatoms. The van der Waals surface area contributed by atoms with Gasteiger partial charge in [0.25, 0.3) is 0 Å². The second-order valence-electron chi connectivity index (χ2n) is 2.08. The van der Waals surface area contributed by atoms with Crippen LogP contribution in [-0.4, -0.2) is 25.5 Å². The fraction of sp³-hybridized carbons (Fsp3) is 1.00. The summed E-state index contributed by atoms with van der Waals surface area (Å²) in [6.07, 6.45) is 2.05. The molecule has 0 aliphatic carbocycles. The molecule has 1 unspecified atom stereocenters. The molecule has 0 fully saturated rings. The highest BCUT2D eigenvalue weighted by molar-refractivity contribution is 7.80. The Morgan fingerprint density at radius 2 is 2.33 bits per heavy atom. The highest BCUT2D eigenvalue weighted by Crippen LogP contribution is 1.95. The summed E-state index contributed by atoms with van der Waals surface area (Å²) in [6, 6.07) is 0.239. The molecule has 0 aromatic carbocycles. The first kappa shape index (κ1) is 9.27. The maximum absolute atomic E-state index is 5.58. The van der Waals surface area contributed by atoms with E-state index in [1.807, 2.05) is 0 Å². The quantitative estimate of drug-likeness (QED) is 0.445. The number of hydrogen-bond donors (Lipinski definition) is 2. The van der Waals surface area contributed by atoms with Gasteiger partial charge in [0, 0.05) is 25.5 Å². The number of ether oxygens (including phenoxy) is 1. The zero-order valence-corrected chi connectivity index (χ0v) is 6.73. The summed E-state index contributed by atoms with van der Waals surface area (Å²) in [5.74, 6) is 0.768. The smallest absolute Gasteiger partial charge is 0.0462 e. The average Bonchev–Trinajstić information content (AvgIpc) is 1.89. The maximum Gasteiger partial charge on any atom is 0.0462 e.